The molecule has 10 N–H and O–H groups in total. The number of hydrogen-bond acceptors (Lipinski definition) is 16. The number of rotatable bonds is 57. The maximum Gasteiger partial charge on any atom is 0.326 e. The summed E-state index contributed by atoms with van der Waals surface area (Å²) in [5, 5.41) is 59.1. The third kappa shape index (κ3) is 45.9. The molecule has 0 aromatic carbocycles. The molecule has 79 heavy (non-hydrogen) atoms. The summed E-state index contributed by atoms with van der Waals surface area (Å²) in [5.74, 6) is -9.41. The zero-order valence-electron chi connectivity index (χ0n) is 46.5. The number of Topliss-reactive ketones (excluding diaryl/α,β-unsaturated/α-hetero) is 2. The van der Waals surface area contributed by atoms with Crippen LogP contribution in [0.2, 0.25) is 0 Å². The second-order valence-electron chi connectivity index (χ2n) is 19.5. The Morgan fingerprint density at radius 2 is 0.835 bits per heavy atom. The van der Waals surface area contributed by atoms with Crippen molar-refractivity contribution in [3.05, 3.63) is 0 Å². The molecular formula is C54H95N5O20. The van der Waals surface area contributed by atoms with Gasteiger partial charge in [0, 0.05) is 66.1 Å². The Morgan fingerprint density at radius 3 is 1.35 bits per heavy atom. The van der Waals surface area contributed by atoms with E-state index in [9.17, 15) is 68.1 Å². The second kappa shape index (κ2) is 49.4. The summed E-state index contributed by atoms with van der Waals surface area (Å²) in [7, 11) is 1.54. The Morgan fingerprint density at radius 1 is 0.367 bits per heavy atom. The standard InChI is InChI=1S/C54H93N5O20.H2/c1-55-43(52(70)71)20-16-17-29-56-46(62)28-23-40(51(68)69)37-42(61)25-27-45(54(74)75)59-49(65)39-79-36-34-77-32-30-57-48(64)38-78-35-33-76-31-18-19-41(60)24-26-44(53(72)73)58-47(63)21-14-12-10-8-6-4-2-3-5-7-9-11-13-15-22-50(66)67;/h40,43-45,55H,2-39H2,1H3,(H,56,62)(H,57,64)(H,58,63)(H,59,65)(H,66,67)(H,68,69)(H,70,71)(H,72,73)(H,74,75);1H/t40-,43+,44+,45+;/m1./s1. The van der Waals surface area contributed by atoms with Crippen LogP contribution in [0.3, 0.4) is 0 Å². The van der Waals surface area contributed by atoms with Crippen molar-refractivity contribution < 1.29 is 98.6 Å². The van der Waals surface area contributed by atoms with Crippen LogP contribution in [0.25, 0.3) is 0 Å². The fourth-order valence-corrected chi connectivity index (χ4v) is 8.07. The quantitative estimate of drug-likeness (QED) is 0.0382. The van der Waals surface area contributed by atoms with Crippen LogP contribution in [0.1, 0.15) is 181 Å². The number of aliphatic carboxylic acids is 5. The van der Waals surface area contributed by atoms with E-state index in [1.807, 2.05) is 0 Å². The summed E-state index contributed by atoms with van der Waals surface area (Å²) < 4.78 is 21.3. The number of amides is 4. The van der Waals surface area contributed by atoms with Gasteiger partial charge in [0.1, 0.15) is 42.9 Å². The number of carboxylic acid groups (broad SMARTS) is 5. The highest BCUT2D eigenvalue weighted by Crippen LogP contribution is 2.17. The zero-order valence-corrected chi connectivity index (χ0v) is 46.5. The topological polar surface area (TPSA) is 386 Å². The average molecular weight is 1130 g/mol. The molecule has 25 nitrogen and oxygen atoms in total. The molecule has 0 aliphatic carbocycles. The molecule has 4 amide bonds. The predicted octanol–water partition coefficient (Wildman–Crippen LogP) is 4.19. The molecule has 0 saturated heterocycles. The van der Waals surface area contributed by atoms with E-state index in [2.05, 4.69) is 26.6 Å². The fraction of sp³-hybridized carbons (Fsp3) is 0.796. The van der Waals surface area contributed by atoms with E-state index in [1.165, 1.54) is 39.2 Å². The van der Waals surface area contributed by atoms with E-state index in [-0.39, 0.29) is 130 Å². The largest absolute Gasteiger partial charge is 0.481 e. The highest BCUT2D eigenvalue weighted by molar-refractivity contribution is 5.87. The molecule has 0 fully saturated rings. The van der Waals surface area contributed by atoms with Gasteiger partial charge >= 0.3 is 29.8 Å². The first kappa shape index (κ1) is 73.4. The van der Waals surface area contributed by atoms with Crippen LogP contribution in [-0.2, 0) is 71.7 Å². The van der Waals surface area contributed by atoms with Crippen molar-refractivity contribution in [2.24, 2.45) is 5.92 Å². The minimum Gasteiger partial charge on any atom is -0.481 e. The molecule has 0 radical (unpaired) electrons. The normalized spacial score (nSPS) is 12.6. The fourth-order valence-electron chi connectivity index (χ4n) is 8.07. The van der Waals surface area contributed by atoms with E-state index in [0.29, 0.717) is 32.1 Å². The maximum absolute atomic E-state index is 12.6. The number of nitrogens with one attached hydrogen (secondary N) is 5. The third-order valence-electron chi connectivity index (χ3n) is 12.7. The molecule has 0 rings (SSSR count). The van der Waals surface area contributed by atoms with Gasteiger partial charge in [-0.05, 0) is 64.8 Å². The van der Waals surface area contributed by atoms with Crippen molar-refractivity contribution in [3.8, 4) is 0 Å². The first-order valence-corrected chi connectivity index (χ1v) is 28.1. The molecule has 0 heterocycles. The number of ketones is 2. The van der Waals surface area contributed by atoms with Crippen LogP contribution in [-0.4, -0.2) is 182 Å². The van der Waals surface area contributed by atoms with Crippen LogP contribution in [0.15, 0.2) is 0 Å². The molecule has 0 spiro atoms. The van der Waals surface area contributed by atoms with Crippen LogP contribution in [0.4, 0.5) is 0 Å². The summed E-state index contributed by atoms with van der Waals surface area (Å²) in [6.45, 7) is 0.346. The van der Waals surface area contributed by atoms with Gasteiger partial charge in [0.25, 0.3) is 0 Å². The molecule has 0 aromatic heterocycles. The molecule has 0 unspecified atom stereocenters. The lowest BCUT2D eigenvalue weighted by Crippen LogP contribution is -2.43. The Labute approximate surface area is 466 Å². The number of hydrogen-bond donors (Lipinski definition) is 10. The van der Waals surface area contributed by atoms with Crippen molar-refractivity contribution >= 4 is 65.0 Å². The van der Waals surface area contributed by atoms with Crippen LogP contribution in [0, 0.1) is 5.92 Å². The highest BCUT2D eigenvalue weighted by Gasteiger charge is 2.26. The lowest BCUT2D eigenvalue weighted by molar-refractivity contribution is -0.145. The first-order valence-electron chi connectivity index (χ1n) is 28.1. The lowest BCUT2D eigenvalue weighted by atomic mass is 9.94. The van der Waals surface area contributed by atoms with Gasteiger partial charge in [0.05, 0.1) is 39.0 Å². The van der Waals surface area contributed by atoms with Gasteiger partial charge < -0.3 is 71.1 Å². The van der Waals surface area contributed by atoms with E-state index in [4.69, 9.17) is 29.2 Å². The summed E-state index contributed by atoms with van der Waals surface area (Å²) in [4.78, 5) is 131. The van der Waals surface area contributed by atoms with E-state index >= 15 is 0 Å². The van der Waals surface area contributed by atoms with E-state index in [0.717, 1.165) is 51.4 Å². The molecule has 456 valence electrons. The predicted molar refractivity (Wildman–Crippen MR) is 289 cm³/mol. The Hall–Kier alpha value is -5.63. The highest BCUT2D eigenvalue weighted by atomic mass is 16.5. The zero-order chi connectivity index (χ0) is 58.9. The minimum absolute atomic E-state index is 0. The van der Waals surface area contributed by atoms with Crippen molar-refractivity contribution in [2.45, 2.75) is 198 Å². The van der Waals surface area contributed by atoms with Crippen molar-refractivity contribution in [3.63, 3.8) is 0 Å². The summed E-state index contributed by atoms with van der Waals surface area (Å²) in [5.41, 5.74) is 0. The molecule has 0 saturated carbocycles. The monoisotopic (exact) mass is 1130 g/mol. The number of carboxylic acids is 5. The van der Waals surface area contributed by atoms with Gasteiger partial charge in [0.15, 0.2) is 0 Å². The van der Waals surface area contributed by atoms with Crippen LogP contribution >= 0.6 is 0 Å². The molecule has 4 atom stereocenters. The van der Waals surface area contributed by atoms with Gasteiger partial charge in [-0.2, -0.15) is 0 Å². The summed E-state index contributed by atoms with van der Waals surface area (Å²) >= 11 is 0. The molecule has 0 bridgehead atoms. The van der Waals surface area contributed by atoms with Crippen LogP contribution in [0.5, 0.6) is 0 Å². The number of likely N-dealkylation sites (N-methyl/N-ethyl adjacent to an activating group) is 1. The van der Waals surface area contributed by atoms with Crippen LogP contribution < -0.4 is 26.6 Å². The van der Waals surface area contributed by atoms with Gasteiger partial charge in [-0.25, -0.2) is 9.59 Å². The molecule has 25 heteroatoms. The van der Waals surface area contributed by atoms with Gasteiger partial charge in [-0.3, -0.25) is 43.2 Å². The van der Waals surface area contributed by atoms with Gasteiger partial charge in [-0.15, -0.1) is 0 Å². The number of unbranched alkanes of at least 4 members (excludes halogenated alkanes) is 14. The second-order valence-corrected chi connectivity index (χ2v) is 19.5. The lowest BCUT2D eigenvalue weighted by Gasteiger charge is -2.15. The van der Waals surface area contributed by atoms with Crippen molar-refractivity contribution in [1.29, 1.82) is 0 Å². The number of carbonyl (C=O) groups excluding carboxylic acids is 6. The minimum atomic E-state index is -1.45. The third-order valence-corrected chi connectivity index (χ3v) is 12.7. The Bertz CT molecular complexity index is 1790. The first-order chi connectivity index (χ1) is 37.9. The summed E-state index contributed by atoms with van der Waals surface area (Å²) in [6, 6.07) is -3.28. The maximum atomic E-state index is 12.6. The van der Waals surface area contributed by atoms with Gasteiger partial charge in [-0.1, -0.05) is 77.0 Å². The van der Waals surface area contributed by atoms with E-state index < -0.39 is 90.4 Å². The smallest absolute Gasteiger partial charge is 0.326 e. The SMILES string of the molecule is CN[C@@H](CCCCNC(=O)CC[C@H](CC(=O)CC[C@H](NC(=O)COCCOCCNC(=O)COCCOCCCC(=O)CC[C@H](NC(=O)CCCCCCCCCCCCCCCCC(=O)O)C(=O)O)C(=O)O)C(=O)O)C(=O)O.[HH]. The average Bonchev–Trinajstić information content (AvgIpc) is 3.39. The van der Waals surface area contributed by atoms with Gasteiger partial charge in [0.2, 0.25) is 23.6 Å². The van der Waals surface area contributed by atoms with E-state index in [1.54, 1.807) is 0 Å². The number of carbonyl (C=O) groups is 11. The molecule has 0 aliphatic rings. The molecule has 0 aliphatic heterocycles. The summed E-state index contributed by atoms with van der Waals surface area (Å²) in [6.07, 6.45) is 16.0. The Kier molecular flexibility index (Phi) is 45.9. The molecular weight excluding hydrogens is 1040 g/mol. The van der Waals surface area contributed by atoms with Crippen molar-refractivity contribution in [1.82, 2.24) is 26.6 Å². The van der Waals surface area contributed by atoms with Crippen molar-refractivity contribution in [2.75, 3.05) is 73.0 Å². The Balaban J connectivity index is 0. The number of ether oxygens (including phenoxy) is 4. The molecule has 0 aromatic rings.